The number of anilines is 1. The molecular weight excluding hydrogens is 404 g/mol. The van der Waals surface area contributed by atoms with Gasteiger partial charge in [-0.05, 0) is 24.1 Å². The van der Waals surface area contributed by atoms with E-state index < -0.39 is 33.2 Å². The van der Waals surface area contributed by atoms with Crippen LogP contribution in [0.4, 0.5) is 17.1 Å². The molecule has 31 heavy (non-hydrogen) atoms. The van der Waals surface area contributed by atoms with Gasteiger partial charge in [-0.2, -0.15) is 0 Å². The number of carbonyl (C=O) groups is 1. The van der Waals surface area contributed by atoms with Crippen LogP contribution in [0.15, 0.2) is 48.7 Å². The van der Waals surface area contributed by atoms with E-state index in [0.717, 1.165) is 35.0 Å². The Bertz CT molecular complexity index is 1110. The summed E-state index contributed by atoms with van der Waals surface area (Å²) in [6.45, 7) is 2.21. The van der Waals surface area contributed by atoms with Gasteiger partial charge in [0.1, 0.15) is 11.7 Å². The molecule has 10 heteroatoms. The number of nitrogens with zero attached hydrogens (tertiary/aromatic N) is 2. The molecule has 0 aliphatic rings. The summed E-state index contributed by atoms with van der Waals surface area (Å²) in [5.74, 6) is -0.550. The van der Waals surface area contributed by atoms with Crippen LogP contribution in [0.5, 0.6) is 0 Å². The highest BCUT2D eigenvalue weighted by Crippen LogP contribution is 2.30. The number of esters is 1. The van der Waals surface area contributed by atoms with E-state index in [4.69, 9.17) is 4.74 Å². The van der Waals surface area contributed by atoms with Crippen LogP contribution in [0.1, 0.15) is 25.3 Å². The maximum absolute atomic E-state index is 12.8. The van der Waals surface area contributed by atoms with Gasteiger partial charge in [0.15, 0.2) is 0 Å². The van der Waals surface area contributed by atoms with Crippen molar-refractivity contribution in [2.45, 2.75) is 32.2 Å². The van der Waals surface area contributed by atoms with Crippen LogP contribution in [-0.2, 0) is 16.0 Å². The topological polar surface area (TPSA) is 140 Å². The van der Waals surface area contributed by atoms with Crippen LogP contribution in [0, 0.1) is 20.2 Å². The van der Waals surface area contributed by atoms with E-state index >= 15 is 0 Å². The van der Waals surface area contributed by atoms with E-state index in [-0.39, 0.29) is 18.7 Å². The molecule has 3 aromatic rings. The van der Waals surface area contributed by atoms with Gasteiger partial charge in [-0.25, -0.2) is 4.79 Å². The van der Waals surface area contributed by atoms with Gasteiger partial charge < -0.3 is 15.0 Å². The first-order chi connectivity index (χ1) is 14.9. The Morgan fingerprint density at radius 1 is 1.16 bits per heavy atom. The summed E-state index contributed by atoms with van der Waals surface area (Å²) in [5.41, 5.74) is 0.852. The largest absolute Gasteiger partial charge is 0.464 e. The average molecular weight is 426 g/mol. The maximum atomic E-state index is 12.8. The normalized spacial score (nSPS) is 11.8. The number of aromatic nitrogens is 1. The number of H-pyrrole nitrogens is 1. The lowest BCUT2D eigenvalue weighted by atomic mass is 10.0. The highest BCUT2D eigenvalue weighted by molar-refractivity contribution is 5.86. The van der Waals surface area contributed by atoms with Gasteiger partial charge in [0.05, 0.1) is 22.5 Å². The van der Waals surface area contributed by atoms with E-state index in [9.17, 15) is 25.0 Å². The highest BCUT2D eigenvalue weighted by Gasteiger charge is 2.27. The highest BCUT2D eigenvalue weighted by atomic mass is 16.6. The molecule has 0 unspecified atom stereocenters. The third-order valence-electron chi connectivity index (χ3n) is 4.84. The number of aromatic amines is 1. The van der Waals surface area contributed by atoms with Crippen molar-refractivity contribution in [3.63, 3.8) is 0 Å². The van der Waals surface area contributed by atoms with Crippen LogP contribution in [0.2, 0.25) is 0 Å². The smallest absolute Gasteiger partial charge is 0.328 e. The second-order valence-electron chi connectivity index (χ2n) is 7.00. The van der Waals surface area contributed by atoms with E-state index in [0.29, 0.717) is 6.42 Å². The van der Waals surface area contributed by atoms with Gasteiger partial charge in [0, 0.05) is 29.6 Å². The van der Waals surface area contributed by atoms with Gasteiger partial charge >= 0.3 is 5.97 Å². The first-order valence-corrected chi connectivity index (χ1v) is 9.81. The summed E-state index contributed by atoms with van der Waals surface area (Å²) in [7, 11) is 0. The number of ether oxygens (including phenoxy) is 1. The van der Waals surface area contributed by atoms with Crippen LogP contribution in [0.3, 0.4) is 0 Å². The Morgan fingerprint density at radius 3 is 2.65 bits per heavy atom. The number of unbranched alkanes of at least 4 members (excludes halogenated alkanes) is 1. The Balaban J connectivity index is 1.92. The summed E-state index contributed by atoms with van der Waals surface area (Å²) < 4.78 is 5.35. The van der Waals surface area contributed by atoms with Crippen molar-refractivity contribution in [1.29, 1.82) is 0 Å². The first kappa shape index (κ1) is 21.8. The standard InChI is InChI=1S/C21H22N4O6/c1-2-3-10-31-21(26)19(11-14-13-22-17-7-5-4-6-16(14)17)23-18-9-8-15(24(27)28)12-20(18)25(29)30/h4-9,12-13,19,22-23H,2-3,10-11H2,1H3/t19-/m0/s1. The molecular formula is C21H22N4O6. The third kappa shape index (κ3) is 5.16. The summed E-state index contributed by atoms with van der Waals surface area (Å²) >= 11 is 0. The van der Waals surface area contributed by atoms with Gasteiger partial charge in [-0.1, -0.05) is 31.5 Å². The van der Waals surface area contributed by atoms with E-state index in [2.05, 4.69) is 10.3 Å². The van der Waals surface area contributed by atoms with Crippen LogP contribution < -0.4 is 5.32 Å². The summed E-state index contributed by atoms with van der Waals surface area (Å²) in [6, 6.07) is 9.92. The van der Waals surface area contributed by atoms with Gasteiger partial charge in [0.25, 0.3) is 11.4 Å². The first-order valence-electron chi connectivity index (χ1n) is 9.81. The van der Waals surface area contributed by atoms with Crippen molar-refractivity contribution in [1.82, 2.24) is 4.98 Å². The second kappa shape index (κ2) is 9.70. The fraction of sp³-hybridized carbons (Fsp3) is 0.286. The van der Waals surface area contributed by atoms with Crippen molar-refractivity contribution in [3.05, 3.63) is 74.5 Å². The quantitative estimate of drug-likeness (QED) is 0.212. The second-order valence-corrected chi connectivity index (χ2v) is 7.00. The summed E-state index contributed by atoms with van der Waals surface area (Å²) in [6.07, 6.45) is 3.54. The molecule has 2 N–H and O–H groups in total. The molecule has 3 rings (SSSR count). The zero-order valence-electron chi connectivity index (χ0n) is 16.9. The van der Waals surface area contributed by atoms with Gasteiger partial charge in [-0.15, -0.1) is 0 Å². The average Bonchev–Trinajstić information content (AvgIpc) is 3.16. The molecule has 2 aromatic carbocycles. The lowest BCUT2D eigenvalue weighted by Crippen LogP contribution is -2.34. The molecule has 0 bridgehead atoms. The number of rotatable bonds is 10. The Morgan fingerprint density at radius 2 is 1.94 bits per heavy atom. The third-order valence-corrected chi connectivity index (χ3v) is 4.84. The molecule has 0 amide bonds. The number of hydrogen-bond acceptors (Lipinski definition) is 7. The molecule has 0 saturated heterocycles. The molecule has 0 saturated carbocycles. The fourth-order valence-corrected chi connectivity index (χ4v) is 3.23. The van der Waals surface area contributed by atoms with Crippen molar-refractivity contribution in [3.8, 4) is 0 Å². The Labute approximate surface area is 177 Å². The minimum atomic E-state index is -0.920. The Hall–Kier alpha value is -3.95. The monoisotopic (exact) mass is 426 g/mol. The van der Waals surface area contributed by atoms with Gasteiger partial charge in [0.2, 0.25) is 0 Å². The predicted octanol–water partition coefficient (Wildman–Crippen LogP) is 4.35. The molecule has 0 fully saturated rings. The minimum absolute atomic E-state index is 0.00730. The molecule has 0 aliphatic heterocycles. The van der Waals surface area contributed by atoms with E-state index in [1.807, 2.05) is 31.2 Å². The molecule has 162 valence electrons. The SMILES string of the molecule is CCCCOC(=O)[C@H](Cc1c[nH]c2ccccc12)Nc1ccc([N+](=O)[O-])cc1[N+](=O)[O-]. The zero-order valence-corrected chi connectivity index (χ0v) is 16.9. The number of benzene rings is 2. The fourth-order valence-electron chi connectivity index (χ4n) is 3.23. The minimum Gasteiger partial charge on any atom is -0.464 e. The van der Waals surface area contributed by atoms with Crippen LogP contribution in [-0.4, -0.2) is 33.4 Å². The summed E-state index contributed by atoms with van der Waals surface area (Å²) in [4.78, 5) is 36.9. The molecule has 0 aliphatic carbocycles. The number of non-ortho nitro benzene ring substituents is 1. The molecule has 0 spiro atoms. The molecule has 0 radical (unpaired) electrons. The van der Waals surface area contributed by atoms with Crippen molar-refractivity contribution >= 4 is 33.9 Å². The number of nitro benzene ring substituents is 2. The van der Waals surface area contributed by atoms with Crippen molar-refractivity contribution in [2.75, 3.05) is 11.9 Å². The van der Waals surface area contributed by atoms with Gasteiger partial charge in [-0.3, -0.25) is 20.2 Å². The maximum Gasteiger partial charge on any atom is 0.328 e. The number of carbonyl (C=O) groups excluding carboxylic acids is 1. The van der Waals surface area contributed by atoms with Crippen LogP contribution >= 0.6 is 0 Å². The molecule has 1 atom stereocenters. The lowest BCUT2D eigenvalue weighted by Gasteiger charge is -2.18. The lowest BCUT2D eigenvalue weighted by molar-refractivity contribution is -0.393. The molecule has 1 heterocycles. The number of nitrogens with one attached hydrogen (secondary N) is 2. The summed E-state index contributed by atoms with van der Waals surface area (Å²) in [5, 5.41) is 26.3. The van der Waals surface area contributed by atoms with Crippen LogP contribution in [0.25, 0.3) is 10.9 Å². The van der Waals surface area contributed by atoms with E-state index in [1.54, 1.807) is 6.20 Å². The number of nitro groups is 2. The number of hydrogen-bond donors (Lipinski definition) is 2. The molecule has 10 nitrogen and oxygen atoms in total. The Kier molecular flexibility index (Phi) is 6.81. The zero-order chi connectivity index (χ0) is 22.4. The predicted molar refractivity (Wildman–Crippen MR) is 115 cm³/mol. The number of para-hydroxylation sites is 1. The van der Waals surface area contributed by atoms with E-state index in [1.165, 1.54) is 6.07 Å². The van der Waals surface area contributed by atoms with Crippen molar-refractivity contribution in [2.24, 2.45) is 0 Å². The number of fused-ring (bicyclic) bond motifs is 1. The molecule has 1 aromatic heterocycles. The van der Waals surface area contributed by atoms with Crippen molar-refractivity contribution < 1.29 is 19.4 Å².